The van der Waals surface area contributed by atoms with Crippen LogP contribution in [-0.4, -0.2) is 77.9 Å². The van der Waals surface area contributed by atoms with Gasteiger partial charge in [0.1, 0.15) is 11.8 Å². The predicted molar refractivity (Wildman–Crippen MR) is 139 cm³/mol. The monoisotopic (exact) mass is 525 g/mol. The van der Waals surface area contributed by atoms with Gasteiger partial charge in [0.25, 0.3) is 11.8 Å². The molecule has 2 aromatic heterocycles. The lowest BCUT2D eigenvalue weighted by Gasteiger charge is -2.31. The molecule has 0 bridgehead atoms. The third-order valence-electron chi connectivity index (χ3n) is 6.24. The van der Waals surface area contributed by atoms with Crippen molar-refractivity contribution in [3.8, 4) is 0 Å². The maximum Gasteiger partial charge on any atom is 0.314 e. The largest absolute Gasteiger partial charge is 0.456 e. The van der Waals surface area contributed by atoms with Crippen molar-refractivity contribution in [3.63, 3.8) is 0 Å². The lowest BCUT2D eigenvalue weighted by atomic mass is 10.1. The number of furan rings is 1. The van der Waals surface area contributed by atoms with Gasteiger partial charge >= 0.3 is 11.1 Å². The van der Waals surface area contributed by atoms with E-state index in [0.29, 0.717) is 74.3 Å². The number of piperazine rings is 1. The fourth-order valence-corrected chi connectivity index (χ4v) is 4.22. The summed E-state index contributed by atoms with van der Waals surface area (Å²) in [6, 6.07) is 7.11. The summed E-state index contributed by atoms with van der Waals surface area (Å²) in [5.41, 5.74) is 5.23. The Kier molecular flexibility index (Phi) is 8.71. The SMILES string of the molecule is NCC[C@@H](NC(=O)c1ccc(CCCNC(=O)c2ccc3[nH]c(=O)c(=O)[nH]c3c2)o1)C(=O)N1CCNCC1. The molecular formula is C25H31N7O6. The van der Waals surface area contributed by atoms with E-state index in [0.717, 1.165) is 0 Å². The molecule has 1 aromatic carbocycles. The molecule has 38 heavy (non-hydrogen) atoms. The zero-order chi connectivity index (χ0) is 27.1. The molecule has 3 aromatic rings. The van der Waals surface area contributed by atoms with Gasteiger partial charge in [-0.05, 0) is 49.7 Å². The molecule has 1 atom stereocenters. The van der Waals surface area contributed by atoms with Crippen LogP contribution in [0.1, 0.15) is 39.5 Å². The van der Waals surface area contributed by atoms with Gasteiger partial charge < -0.3 is 41.0 Å². The topological polar surface area (TPSA) is 195 Å². The number of fused-ring (bicyclic) bond motifs is 1. The molecule has 1 fully saturated rings. The van der Waals surface area contributed by atoms with Gasteiger partial charge in [-0.2, -0.15) is 0 Å². The number of benzene rings is 1. The first-order valence-corrected chi connectivity index (χ1v) is 12.5. The number of nitrogens with one attached hydrogen (secondary N) is 5. The van der Waals surface area contributed by atoms with Crippen LogP contribution < -0.4 is 32.8 Å². The lowest BCUT2D eigenvalue weighted by molar-refractivity contribution is -0.133. The number of rotatable bonds is 10. The van der Waals surface area contributed by atoms with Crippen molar-refractivity contribution in [2.75, 3.05) is 39.3 Å². The normalized spacial score (nSPS) is 14.3. The first kappa shape index (κ1) is 26.8. The van der Waals surface area contributed by atoms with Gasteiger partial charge in [0, 0.05) is 44.7 Å². The fourth-order valence-electron chi connectivity index (χ4n) is 4.22. The van der Waals surface area contributed by atoms with Crippen LogP contribution in [0, 0.1) is 0 Å². The highest BCUT2D eigenvalue weighted by Crippen LogP contribution is 2.12. The Morgan fingerprint density at radius 3 is 2.47 bits per heavy atom. The molecule has 0 saturated carbocycles. The molecule has 1 saturated heterocycles. The van der Waals surface area contributed by atoms with E-state index in [1.807, 2.05) is 0 Å². The van der Waals surface area contributed by atoms with E-state index in [1.165, 1.54) is 6.07 Å². The zero-order valence-corrected chi connectivity index (χ0v) is 20.8. The van der Waals surface area contributed by atoms with Crippen LogP contribution in [0.15, 0.2) is 44.3 Å². The summed E-state index contributed by atoms with van der Waals surface area (Å²) < 4.78 is 5.66. The van der Waals surface area contributed by atoms with Gasteiger partial charge in [-0.3, -0.25) is 24.0 Å². The highest BCUT2D eigenvalue weighted by atomic mass is 16.3. The lowest BCUT2D eigenvalue weighted by Crippen LogP contribution is -2.54. The molecule has 202 valence electrons. The Morgan fingerprint density at radius 1 is 1.00 bits per heavy atom. The van der Waals surface area contributed by atoms with Crippen LogP contribution in [0.25, 0.3) is 11.0 Å². The molecule has 13 heteroatoms. The fraction of sp³-hybridized carbons (Fsp3) is 0.400. The van der Waals surface area contributed by atoms with Crippen LogP contribution in [-0.2, 0) is 11.2 Å². The van der Waals surface area contributed by atoms with E-state index in [4.69, 9.17) is 10.2 Å². The van der Waals surface area contributed by atoms with E-state index in [-0.39, 0.29) is 24.1 Å². The maximum atomic E-state index is 12.8. The van der Waals surface area contributed by atoms with E-state index in [9.17, 15) is 24.0 Å². The molecule has 13 nitrogen and oxygen atoms in total. The second-order valence-corrected chi connectivity index (χ2v) is 8.97. The summed E-state index contributed by atoms with van der Waals surface area (Å²) in [5, 5.41) is 8.72. The summed E-state index contributed by atoms with van der Waals surface area (Å²) in [7, 11) is 0. The summed E-state index contributed by atoms with van der Waals surface area (Å²) in [5.74, 6) is -0.303. The maximum absolute atomic E-state index is 12.8. The quantitative estimate of drug-likeness (QED) is 0.144. The minimum absolute atomic E-state index is 0.0994. The first-order chi connectivity index (χ1) is 18.4. The zero-order valence-electron chi connectivity index (χ0n) is 20.8. The van der Waals surface area contributed by atoms with Gasteiger partial charge in [-0.1, -0.05) is 0 Å². The smallest absolute Gasteiger partial charge is 0.314 e. The minimum atomic E-state index is -0.789. The summed E-state index contributed by atoms with van der Waals surface area (Å²) in [6.07, 6.45) is 1.36. The summed E-state index contributed by atoms with van der Waals surface area (Å²) in [4.78, 5) is 67.5. The molecule has 4 rings (SSSR count). The highest BCUT2D eigenvalue weighted by Gasteiger charge is 2.27. The van der Waals surface area contributed by atoms with Crippen molar-refractivity contribution in [1.82, 2.24) is 30.8 Å². The Bertz CT molecular complexity index is 1420. The number of hydrogen-bond acceptors (Lipinski definition) is 8. The van der Waals surface area contributed by atoms with Crippen LogP contribution >= 0.6 is 0 Å². The Labute approximate surface area is 217 Å². The minimum Gasteiger partial charge on any atom is -0.456 e. The van der Waals surface area contributed by atoms with Crippen molar-refractivity contribution < 1.29 is 18.8 Å². The molecule has 3 heterocycles. The number of nitrogens with two attached hydrogens (primary N) is 1. The van der Waals surface area contributed by atoms with Crippen LogP contribution in [0.3, 0.4) is 0 Å². The third kappa shape index (κ3) is 6.55. The van der Waals surface area contributed by atoms with Crippen molar-refractivity contribution >= 4 is 28.8 Å². The van der Waals surface area contributed by atoms with Gasteiger partial charge in [0.05, 0.1) is 11.0 Å². The number of carbonyl (C=O) groups is 3. The number of aryl methyl sites for hydroxylation is 1. The molecular weight excluding hydrogens is 494 g/mol. The third-order valence-corrected chi connectivity index (χ3v) is 6.24. The number of aromatic nitrogens is 2. The predicted octanol–water partition coefficient (Wildman–Crippen LogP) is -0.949. The van der Waals surface area contributed by atoms with E-state index >= 15 is 0 Å². The second kappa shape index (κ2) is 12.3. The molecule has 7 N–H and O–H groups in total. The summed E-state index contributed by atoms with van der Waals surface area (Å²) >= 11 is 0. The van der Waals surface area contributed by atoms with Crippen LogP contribution in [0.5, 0.6) is 0 Å². The van der Waals surface area contributed by atoms with E-state index in [1.54, 1.807) is 29.2 Å². The highest BCUT2D eigenvalue weighted by molar-refractivity contribution is 5.97. The molecule has 0 aliphatic carbocycles. The van der Waals surface area contributed by atoms with Crippen LogP contribution in [0.2, 0.25) is 0 Å². The number of aromatic amines is 2. The number of nitrogens with zero attached hydrogens (tertiary/aromatic N) is 1. The molecule has 1 aliphatic heterocycles. The van der Waals surface area contributed by atoms with Crippen molar-refractivity contribution in [1.29, 1.82) is 0 Å². The Hall–Kier alpha value is -4.23. The molecule has 0 spiro atoms. The Morgan fingerprint density at radius 2 is 1.74 bits per heavy atom. The number of H-pyrrole nitrogens is 2. The van der Waals surface area contributed by atoms with Gasteiger partial charge in [-0.15, -0.1) is 0 Å². The van der Waals surface area contributed by atoms with Gasteiger partial charge in [0.15, 0.2) is 5.76 Å². The number of carbonyl (C=O) groups excluding carboxylic acids is 3. The Balaban J connectivity index is 1.26. The van der Waals surface area contributed by atoms with Crippen LogP contribution in [0.4, 0.5) is 0 Å². The average Bonchev–Trinajstić information content (AvgIpc) is 3.40. The number of amides is 3. The molecule has 3 amide bonds. The molecule has 0 radical (unpaired) electrons. The second-order valence-electron chi connectivity index (χ2n) is 8.97. The van der Waals surface area contributed by atoms with Crippen molar-refractivity contribution in [3.05, 3.63) is 68.1 Å². The summed E-state index contributed by atoms with van der Waals surface area (Å²) in [6.45, 7) is 3.19. The van der Waals surface area contributed by atoms with E-state index in [2.05, 4.69) is 25.9 Å². The molecule has 1 aliphatic rings. The van der Waals surface area contributed by atoms with Crippen molar-refractivity contribution in [2.45, 2.75) is 25.3 Å². The van der Waals surface area contributed by atoms with E-state index < -0.39 is 23.1 Å². The molecule has 0 unspecified atom stereocenters. The first-order valence-electron chi connectivity index (χ1n) is 12.5. The van der Waals surface area contributed by atoms with Gasteiger partial charge in [-0.25, -0.2) is 0 Å². The number of hydrogen-bond donors (Lipinski definition) is 6. The standard InChI is InChI=1S/C25H31N7O6/c26-8-7-18(25(37)32-12-10-27-11-13-32)30-22(34)20-6-4-16(38-20)2-1-9-28-21(33)15-3-5-17-19(14-15)31-24(36)23(35)29-17/h3-6,14,18,27H,1-2,7-13,26H2,(H,28,33)(H,29,35)(H,30,34)(H,31,36)/t18-/m1/s1. The average molecular weight is 526 g/mol. The van der Waals surface area contributed by atoms with Gasteiger partial charge in [0.2, 0.25) is 5.91 Å². The van der Waals surface area contributed by atoms with Crippen molar-refractivity contribution in [2.24, 2.45) is 5.73 Å².